The lowest BCUT2D eigenvalue weighted by molar-refractivity contribution is -0.141. The first-order valence-electron chi connectivity index (χ1n) is 4.61. The molecule has 1 unspecified atom stereocenters. The molecule has 0 saturated carbocycles. The summed E-state index contributed by atoms with van der Waals surface area (Å²) in [6.45, 7) is 0.270. The van der Waals surface area contributed by atoms with E-state index in [2.05, 4.69) is 10.6 Å². The molecule has 0 aromatic heterocycles. The largest absolute Gasteiger partial charge is 0.345 e. The monoisotopic (exact) mass is 242 g/mol. The Balaban J connectivity index is 2.22. The van der Waals surface area contributed by atoms with Crippen molar-refractivity contribution in [3.8, 4) is 0 Å². The molecule has 6 heteroatoms. The first-order chi connectivity index (χ1) is 7.58. The topological polar surface area (TPSA) is 58.2 Å². The number of hydrogen-bond acceptors (Lipinski definition) is 2. The van der Waals surface area contributed by atoms with Crippen molar-refractivity contribution in [1.29, 1.82) is 0 Å². The van der Waals surface area contributed by atoms with E-state index < -0.39 is 17.6 Å². The normalized spacial score (nSPS) is 20.2. The van der Waals surface area contributed by atoms with Crippen molar-refractivity contribution < 1.29 is 14.0 Å². The summed E-state index contributed by atoms with van der Waals surface area (Å²) in [5, 5.41) is 4.91. The van der Waals surface area contributed by atoms with Gasteiger partial charge in [-0.05, 0) is 17.7 Å². The van der Waals surface area contributed by atoms with Crippen LogP contribution in [0.3, 0.4) is 0 Å². The van der Waals surface area contributed by atoms with Gasteiger partial charge in [-0.3, -0.25) is 9.59 Å². The van der Waals surface area contributed by atoms with Gasteiger partial charge >= 0.3 is 11.8 Å². The number of carbonyl (C=O) groups excluding carboxylic acids is 2. The minimum atomic E-state index is -0.698. The van der Waals surface area contributed by atoms with Crippen LogP contribution in [-0.4, -0.2) is 18.4 Å². The molecule has 0 aliphatic carbocycles. The quantitative estimate of drug-likeness (QED) is 0.715. The summed E-state index contributed by atoms with van der Waals surface area (Å²) in [7, 11) is 0. The lowest BCUT2D eigenvalue weighted by atomic mass is 10.1. The average molecular weight is 243 g/mol. The Morgan fingerprint density at radius 1 is 1.31 bits per heavy atom. The van der Waals surface area contributed by atoms with Gasteiger partial charge in [0.15, 0.2) is 0 Å². The van der Waals surface area contributed by atoms with Gasteiger partial charge in [0.1, 0.15) is 5.82 Å². The molecule has 1 heterocycles. The van der Waals surface area contributed by atoms with Gasteiger partial charge in [-0.1, -0.05) is 17.7 Å². The van der Waals surface area contributed by atoms with Crippen LogP contribution in [0.2, 0.25) is 5.02 Å². The minimum absolute atomic E-state index is 0.0105. The molecule has 0 bridgehead atoms. The Morgan fingerprint density at radius 3 is 2.69 bits per heavy atom. The molecule has 1 aliphatic rings. The van der Waals surface area contributed by atoms with E-state index in [0.29, 0.717) is 5.56 Å². The van der Waals surface area contributed by atoms with Crippen molar-refractivity contribution >= 4 is 23.4 Å². The van der Waals surface area contributed by atoms with Gasteiger partial charge in [0, 0.05) is 6.54 Å². The van der Waals surface area contributed by atoms with Crippen LogP contribution < -0.4 is 10.6 Å². The first kappa shape index (κ1) is 10.9. The highest BCUT2D eigenvalue weighted by Crippen LogP contribution is 2.21. The van der Waals surface area contributed by atoms with Crippen LogP contribution in [0, 0.1) is 5.82 Å². The Morgan fingerprint density at radius 2 is 2.06 bits per heavy atom. The van der Waals surface area contributed by atoms with Crippen LogP contribution in [0.5, 0.6) is 0 Å². The summed E-state index contributed by atoms with van der Waals surface area (Å²) in [6.07, 6.45) is 0. The maximum Gasteiger partial charge on any atom is 0.309 e. The zero-order valence-corrected chi connectivity index (χ0v) is 8.84. The fourth-order valence-electron chi connectivity index (χ4n) is 1.48. The molecule has 2 N–H and O–H groups in total. The van der Waals surface area contributed by atoms with Gasteiger partial charge in [0.2, 0.25) is 0 Å². The van der Waals surface area contributed by atoms with Crippen molar-refractivity contribution in [2.24, 2.45) is 0 Å². The van der Waals surface area contributed by atoms with E-state index in [1.54, 1.807) is 0 Å². The molecular formula is C10H8ClFN2O2. The van der Waals surface area contributed by atoms with Gasteiger partial charge in [0.25, 0.3) is 0 Å². The smallest absolute Gasteiger partial charge is 0.309 e. The highest BCUT2D eigenvalue weighted by atomic mass is 35.5. The number of hydrogen-bond donors (Lipinski definition) is 2. The Bertz CT molecular complexity index is 464. The standard InChI is InChI=1S/C10H8ClFN2O2/c11-6-3-5(1-2-7(6)12)8-4-13-9(15)10(16)14-8/h1-3,8H,4H2,(H,13,15)(H,14,16). The van der Waals surface area contributed by atoms with Crippen molar-refractivity contribution in [3.05, 3.63) is 34.6 Å². The zero-order valence-electron chi connectivity index (χ0n) is 8.09. The molecule has 1 atom stereocenters. The Kier molecular flexibility index (Phi) is 2.78. The second kappa shape index (κ2) is 4.09. The predicted octanol–water partition coefficient (Wildman–Crippen LogP) is 0.766. The van der Waals surface area contributed by atoms with Crippen molar-refractivity contribution in [2.45, 2.75) is 6.04 Å². The number of carbonyl (C=O) groups is 2. The molecular weight excluding hydrogens is 235 g/mol. The number of rotatable bonds is 1. The lowest BCUT2D eigenvalue weighted by Gasteiger charge is -2.23. The van der Waals surface area contributed by atoms with Gasteiger partial charge in [-0.15, -0.1) is 0 Å². The number of piperazine rings is 1. The number of benzene rings is 1. The second-order valence-corrected chi connectivity index (χ2v) is 3.82. The summed E-state index contributed by atoms with van der Waals surface area (Å²) in [5.74, 6) is -1.88. The summed E-state index contributed by atoms with van der Waals surface area (Å²) < 4.78 is 12.9. The molecule has 0 radical (unpaired) electrons. The van der Waals surface area contributed by atoms with Crippen LogP contribution in [0.1, 0.15) is 11.6 Å². The van der Waals surface area contributed by atoms with Crippen LogP contribution in [0.15, 0.2) is 18.2 Å². The summed E-state index contributed by atoms with van der Waals surface area (Å²) in [6, 6.07) is 3.80. The van der Waals surface area contributed by atoms with E-state index in [1.165, 1.54) is 18.2 Å². The molecule has 1 aromatic rings. The molecule has 2 rings (SSSR count). The van der Waals surface area contributed by atoms with Gasteiger partial charge in [-0.25, -0.2) is 4.39 Å². The fraction of sp³-hybridized carbons (Fsp3) is 0.200. The first-order valence-corrected chi connectivity index (χ1v) is 4.99. The molecule has 84 valence electrons. The molecule has 1 aliphatic heterocycles. The predicted molar refractivity (Wildman–Crippen MR) is 55.3 cm³/mol. The van der Waals surface area contributed by atoms with Crippen LogP contribution in [-0.2, 0) is 9.59 Å². The Labute approximate surface area is 95.8 Å². The van der Waals surface area contributed by atoms with Gasteiger partial charge in [0.05, 0.1) is 11.1 Å². The molecule has 0 spiro atoms. The molecule has 1 saturated heterocycles. The highest BCUT2D eigenvalue weighted by molar-refractivity contribution is 6.35. The Hall–Kier alpha value is -1.62. The van der Waals surface area contributed by atoms with Crippen LogP contribution in [0.4, 0.5) is 4.39 Å². The van der Waals surface area contributed by atoms with Gasteiger partial charge < -0.3 is 10.6 Å². The molecule has 2 amide bonds. The third-order valence-corrected chi connectivity index (χ3v) is 2.61. The van der Waals surface area contributed by atoms with Crippen LogP contribution >= 0.6 is 11.6 Å². The van der Waals surface area contributed by atoms with E-state index in [0.717, 1.165) is 0 Å². The maximum atomic E-state index is 12.9. The summed E-state index contributed by atoms with van der Waals surface area (Å²) in [5.41, 5.74) is 0.653. The van der Waals surface area contributed by atoms with E-state index in [4.69, 9.17) is 11.6 Å². The van der Waals surface area contributed by atoms with Crippen molar-refractivity contribution in [1.82, 2.24) is 10.6 Å². The van der Waals surface area contributed by atoms with Crippen LogP contribution in [0.25, 0.3) is 0 Å². The molecule has 16 heavy (non-hydrogen) atoms. The number of amides is 2. The van der Waals surface area contributed by atoms with Crippen molar-refractivity contribution in [2.75, 3.05) is 6.54 Å². The van der Waals surface area contributed by atoms with E-state index in [1.807, 2.05) is 0 Å². The second-order valence-electron chi connectivity index (χ2n) is 3.41. The van der Waals surface area contributed by atoms with Crippen molar-refractivity contribution in [3.63, 3.8) is 0 Å². The molecule has 4 nitrogen and oxygen atoms in total. The molecule has 1 aromatic carbocycles. The fourth-order valence-corrected chi connectivity index (χ4v) is 1.67. The zero-order chi connectivity index (χ0) is 11.7. The number of halogens is 2. The van der Waals surface area contributed by atoms with E-state index in [9.17, 15) is 14.0 Å². The lowest BCUT2D eigenvalue weighted by Crippen LogP contribution is -2.51. The minimum Gasteiger partial charge on any atom is -0.345 e. The van der Waals surface area contributed by atoms with E-state index in [-0.39, 0.29) is 17.6 Å². The molecule has 1 fully saturated rings. The maximum absolute atomic E-state index is 12.9. The van der Waals surface area contributed by atoms with E-state index >= 15 is 0 Å². The number of nitrogens with one attached hydrogen (secondary N) is 2. The summed E-state index contributed by atoms with van der Waals surface area (Å²) >= 11 is 5.62. The van der Waals surface area contributed by atoms with Gasteiger partial charge in [-0.2, -0.15) is 0 Å². The highest BCUT2D eigenvalue weighted by Gasteiger charge is 2.26. The summed E-state index contributed by atoms with van der Waals surface area (Å²) in [4.78, 5) is 22.0. The average Bonchev–Trinajstić information content (AvgIpc) is 2.26. The SMILES string of the molecule is O=C1NCC(c2ccc(F)c(Cl)c2)NC1=O. The third kappa shape index (κ3) is 1.99. The third-order valence-electron chi connectivity index (χ3n) is 2.32.